The van der Waals surface area contributed by atoms with Gasteiger partial charge in [0, 0.05) is 16.3 Å². The van der Waals surface area contributed by atoms with Gasteiger partial charge in [-0.3, -0.25) is 0 Å². The second kappa shape index (κ2) is 4.90. The maximum atomic E-state index is 6.05. The van der Waals surface area contributed by atoms with Gasteiger partial charge in [-0.25, -0.2) is 9.97 Å². The van der Waals surface area contributed by atoms with Gasteiger partial charge in [-0.05, 0) is 31.5 Å². The molecule has 0 saturated heterocycles. The van der Waals surface area contributed by atoms with Gasteiger partial charge in [0.15, 0.2) is 0 Å². The molecule has 17 heavy (non-hydrogen) atoms. The SMILES string of the molecule is Cc1c(Cl)cccc1Nc1ncnc(Cl)c1C. The summed E-state index contributed by atoms with van der Waals surface area (Å²) in [4.78, 5) is 8.06. The van der Waals surface area contributed by atoms with Gasteiger partial charge in [-0.2, -0.15) is 0 Å². The van der Waals surface area contributed by atoms with E-state index in [1.165, 1.54) is 6.33 Å². The van der Waals surface area contributed by atoms with Crippen molar-refractivity contribution in [1.29, 1.82) is 0 Å². The smallest absolute Gasteiger partial charge is 0.138 e. The predicted octanol–water partition coefficient (Wildman–Crippen LogP) is 4.14. The normalized spacial score (nSPS) is 10.4. The summed E-state index contributed by atoms with van der Waals surface area (Å²) in [6, 6.07) is 5.67. The Balaban J connectivity index is 2.38. The van der Waals surface area contributed by atoms with Gasteiger partial charge < -0.3 is 5.32 Å². The number of nitrogens with one attached hydrogen (secondary N) is 1. The third-order valence-electron chi connectivity index (χ3n) is 2.54. The topological polar surface area (TPSA) is 37.8 Å². The second-order valence-corrected chi connectivity index (χ2v) is 4.44. The van der Waals surface area contributed by atoms with Crippen LogP contribution >= 0.6 is 23.2 Å². The molecule has 0 bridgehead atoms. The van der Waals surface area contributed by atoms with Crippen LogP contribution in [0.2, 0.25) is 10.2 Å². The van der Waals surface area contributed by atoms with Crippen LogP contribution in [-0.2, 0) is 0 Å². The lowest BCUT2D eigenvalue weighted by Crippen LogP contribution is -1.99. The molecule has 0 aliphatic carbocycles. The van der Waals surface area contributed by atoms with Crippen LogP contribution in [-0.4, -0.2) is 9.97 Å². The first-order valence-electron chi connectivity index (χ1n) is 5.09. The quantitative estimate of drug-likeness (QED) is 0.831. The molecule has 2 rings (SSSR count). The van der Waals surface area contributed by atoms with Gasteiger partial charge in [-0.1, -0.05) is 29.3 Å². The number of halogens is 2. The molecule has 0 unspecified atom stereocenters. The molecule has 0 atom stereocenters. The van der Waals surface area contributed by atoms with E-state index in [9.17, 15) is 0 Å². The molecule has 2 aromatic rings. The lowest BCUT2D eigenvalue weighted by Gasteiger charge is -2.11. The highest BCUT2D eigenvalue weighted by Gasteiger charge is 2.07. The Hall–Kier alpha value is -1.32. The maximum absolute atomic E-state index is 6.05. The van der Waals surface area contributed by atoms with Gasteiger partial charge in [0.1, 0.15) is 17.3 Å². The van der Waals surface area contributed by atoms with E-state index in [4.69, 9.17) is 23.2 Å². The standard InChI is InChI=1S/C12H11Cl2N3/c1-7-9(13)4-3-5-10(7)17-12-8(2)11(14)15-6-16-12/h3-6H,1-2H3,(H,15,16,17). The Labute approximate surface area is 110 Å². The van der Waals surface area contributed by atoms with Crippen molar-refractivity contribution in [2.75, 3.05) is 5.32 Å². The van der Waals surface area contributed by atoms with E-state index in [2.05, 4.69) is 15.3 Å². The van der Waals surface area contributed by atoms with Crippen LogP contribution in [0.3, 0.4) is 0 Å². The zero-order valence-electron chi connectivity index (χ0n) is 9.46. The monoisotopic (exact) mass is 267 g/mol. The molecular weight excluding hydrogens is 257 g/mol. The number of hydrogen-bond acceptors (Lipinski definition) is 3. The lowest BCUT2D eigenvalue weighted by molar-refractivity contribution is 1.13. The van der Waals surface area contributed by atoms with E-state index in [1.807, 2.05) is 32.0 Å². The molecule has 0 saturated carbocycles. The van der Waals surface area contributed by atoms with Crippen molar-refractivity contribution < 1.29 is 0 Å². The number of rotatable bonds is 2. The van der Waals surface area contributed by atoms with Crippen LogP contribution in [0.4, 0.5) is 11.5 Å². The van der Waals surface area contributed by atoms with E-state index < -0.39 is 0 Å². The minimum atomic E-state index is 0.446. The van der Waals surface area contributed by atoms with Crippen LogP contribution in [0.25, 0.3) is 0 Å². The molecule has 1 aromatic carbocycles. The predicted molar refractivity (Wildman–Crippen MR) is 71.3 cm³/mol. The zero-order valence-corrected chi connectivity index (χ0v) is 11.0. The molecule has 1 heterocycles. The highest BCUT2D eigenvalue weighted by molar-refractivity contribution is 6.31. The molecule has 0 aliphatic heterocycles. The first-order valence-corrected chi connectivity index (χ1v) is 5.84. The van der Waals surface area contributed by atoms with Gasteiger partial charge >= 0.3 is 0 Å². The van der Waals surface area contributed by atoms with Crippen molar-refractivity contribution >= 4 is 34.7 Å². The fraction of sp³-hybridized carbons (Fsp3) is 0.167. The van der Waals surface area contributed by atoms with Crippen LogP contribution in [0, 0.1) is 13.8 Å². The maximum Gasteiger partial charge on any atom is 0.138 e. The van der Waals surface area contributed by atoms with Crippen molar-refractivity contribution in [3.05, 3.63) is 45.8 Å². The summed E-state index contributed by atoms with van der Waals surface area (Å²) in [5.74, 6) is 0.690. The van der Waals surface area contributed by atoms with Crippen LogP contribution in [0.1, 0.15) is 11.1 Å². The van der Waals surface area contributed by atoms with Crippen molar-refractivity contribution in [3.63, 3.8) is 0 Å². The molecule has 3 nitrogen and oxygen atoms in total. The fourth-order valence-electron chi connectivity index (χ4n) is 1.43. The van der Waals surface area contributed by atoms with Gasteiger partial charge in [-0.15, -0.1) is 0 Å². The average molecular weight is 268 g/mol. The molecule has 0 radical (unpaired) electrons. The lowest BCUT2D eigenvalue weighted by atomic mass is 10.2. The Morgan fingerprint density at radius 2 is 1.82 bits per heavy atom. The number of anilines is 2. The summed E-state index contributed by atoms with van der Waals surface area (Å²) in [6.45, 7) is 3.81. The summed E-state index contributed by atoms with van der Waals surface area (Å²) in [6.07, 6.45) is 1.43. The highest BCUT2D eigenvalue weighted by Crippen LogP contribution is 2.27. The van der Waals surface area contributed by atoms with E-state index in [-0.39, 0.29) is 0 Å². The first-order chi connectivity index (χ1) is 8.09. The summed E-state index contributed by atoms with van der Waals surface area (Å²) < 4.78 is 0. The molecular formula is C12H11Cl2N3. The molecule has 0 fully saturated rings. The third-order valence-corrected chi connectivity index (χ3v) is 3.33. The molecule has 5 heteroatoms. The Kier molecular flexibility index (Phi) is 3.50. The molecule has 1 N–H and O–H groups in total. The number of aromatic nitrogens is 2. The first kappa shape index (κ1) is 12.1. The van der Waals surface area contributed by atoms with Crippen LogP contribution < -0.4 is 5.32 Å². The summed E-state index contributed by atoms with van der Waals surface area (Å²) in [7, 11) is 0. The Morgan fingerprint density at radius 1 is 1.06 bits per heavy atom. The van der Waals surface area contributed by atoms with E-state index in [0.29, 0.717) is 16.0 Å². The largest absolute Gasteiger partial charge is 0.340 e. The van der Waals surface area contributed by atoms with Crippen molar-refractivity contribution in [3.8, 4) is 0 Å². The second-order valence-electron chi connectivity index (χ2n) is 3.68. The number of hydrogen-bond donors (Lipinski definition) is 1. The minimum absolute atomic E-state index is 0.446. The molecule has 0 spiro atoms. The summed E-state index contributed by atoms with van der Waals surface area (Å²) in [5.41, 5.74) is 2.70. The van der Waals surface area contributed by atoms with Crippen LogP contribution in [0.5, 0.6) is 0 Å². The van der Waals surface area contributed by atoms with E-state index >= 15 is 0 Å². The fourth-order valence-corrected chi connectivity index (χ4v) is 1.73. The van der Waals surface area contributed by atoms with Crippen LogP contribution in [0.15, 0.2) is 24.5 Å². The Morgan fingerprint density at radius 3 is 2.59 bits per heavy atom. The molecule has 0 amide bonds. The van der Waals surface area contributed by atoms with Crippen molar-refractivity contribution in [2.45, 2.75) is 13.8 Å². The number of nitrogens with zero attached hydrogens (tertiary/aromatic N) is 2. The zero-order chi connectivity index (χ0) is 12.4. The molecule has 88 valence electrons. The van der Waals surface area contributed by atoms with Gasteiger partial charge in [0.05, 0.1) is 0 Å². The van der Waals surface area contributed by atoms with Crippen molar-refractivity contribution in [2.24, 2.45) is 0 Å². The average Bonchev–Trinajstić information content (AvgIpc) is 2.31. The molecule has 1 aromatic heterocycles. The van der Waals surface area contributed by atoms with Crippen molar-refractivity contribution in [1.82, 2.24) is 9.97 Å². The summed E-state index contributed by atoms with van der Waals surface area (Å²) >= 11 is 12.0. The van der Waals surface area contributed by atoms with Gasteiger partial charge in [0.25, 0.3) is 0 Å². The summed E-state index contributed by atoms with van der Waals surface area (Å²) in [5, 5.41) is 4.36. The van der Waals surface area contributed by atoms with E-state index in [0.717, 1.165) is 16.8 Å². The van der Waals surface area contributed by atoms with E-state index in [1.54, 1.807) is 0 Å². The minimum Gasteiger partial charge on any atom is -0.340 e. The van der Waals surface area contributed by atoms with Gasteiger partial charge in [0.2, 0.25) is 0 Å². The third kappa shape index (κ3) is 2.51. The number of benzene rings is 1. The Bertz CT molecular complexity index is 506. The highest BCUT2D eigenvalue weighted by atomic mass is 35.5. The molecule has 0 aliphatic rings.